The zero-order valence-electron chi connectivity index (χ0n) is 11.4. The second kappa shape index (κ2) is 4.98. The molecule has 3 rings (SSSR count). The average molecular weight is 297 g/mol. The van der Waals surface area contributed by atoms with Gasteiger partial charge in [0.1, 0.15) is 0 Å². The van der Waals surface area contributed by atoms with Gasteiger partial charge in [-0.15, -0.1) is 0 Å². The lowest BCUT2D eigenvalue weighted by Gasteiger charge is -2.19. The molecule has 1 saturated carbocycles. The molecule has 1 aromatic rings. The number of aromatic nitrogens is 1. The molecular weight excluding hydrogens is 278 g/mol. The van der Waals surface area contributed by atoms with Gasteiger partial charge in [0.2, 0.25) is 0 Å². The van der Waals surface area contributed by atoms with Gasteiger partial charge in [0.05, 0.1) is 11.8 Å². The fourth-order valence-corrected chi connectivity index (χ4v) is 4.94. The molecule has 2 N–H and O–H groups in total. The van der Waals surface area contributed by atoms with Crippen LogP contribution < -0.4 is 5.32 Å². The van der Waals surface area contributed by atoms with Crippen LogP contribution >= 0.6 is 0 Å². The van der Waals surface area contributed by atoms with Crippen LogP contribution in [0.4, 0.5) is 5.69 Å². The number of rotatable bonds is 3. The van der Waals surface area contributed by atoms with E-state index in [9.17, 15) is 13.5 Å². The molecule has 0 amide bonds. The number of sulfonamides is 1. The molecule has 3 atom stereocenters. The molecule has 2 heterocycles. The van der Waals surface area contributed by atoms with Gasteiger partial charge in [-0.1, -0.05) is 0 Å². The molecule has 0 radical (unpaired) electrons. The largest absolute Gasteiger partial charge is 0.393 e. The zero-order valence-corrected chi connectivity index (χ0v) is 12.2. The number of aliphatic hydroxyl groups excluding tert-OH is 1. The first kappa shape index (κ1) is 13.8. The molecule has 0 bridgehead atoms. The standard InChI is InChI=1S/C13H19N3O3S/c1-14-11-3-2-6-15-13(11)20(18,19)16-7-9-4-5-12(17)10(9)8-16/h2-3,6,9-10,12,14,17H,4-5,7-8H2,1H3. The summed E-state index contributed by atoms with van der Waals surface area (Å²) in [5, 5.41) is 12.8. The van der Waals surface area contributed by atoms with E-state index in [1.54, 1.807) is 19.2 Å². The number of nitrogens with zero attached hydrogens (tertiary/aromatic N) is 2. The van der Waals surface area contributed by atoms with Crippen LogP contribution in [0.1, 0.15) is 12.8 Å². The Hall–Kier alpha value is -1.18. The monoisotopic (exact) mass is 297 g/mol. The number of pyridine rings is 1. The maximum Gasteiger partial charge on any atom is 0.262 e. The summed E-state index contributed by atoms with van der Waals surface area (Å²) in [6, 6.07) is 3.40. The lowest BCUT2D eigenvalue weighted by molar-refractivity contribution is 0.129. The highest BCUT2D eigenvalue weighted by Crippen LogP contribution is 2.40. The van der Waals surface area contributed by atoms with Crippen LogP contribution in [0.3, 0.4) is 0 Å². The number of nitrogens with one attached hydrogen (secondary N) is 1. The highest BCUT2D eigenvalue weighted by Gasteiger charge is 2.46. The van der Waals surface area contributed by atoms with Crippen LogP contribution in [-0.2, 0) is 10.0 Å². The SMILES string of the molecule is CNc1cccnc1S(=O)(=O)N1CC2CCC(O)C2C1. The third-order valence-corrected chi connectivity index (χ3v) is 6.20. The van der Waals surface area contributed by atoms with E-state index in [0.717, 1.165) is 12.8 Å². The van der Waals surface area contributed by atoms with Gasteiger partial charge in [0.25, 0.3) is 10.0 Å². The normalized spacial score (nSPS) is 30.4. The highest BCUT2D eigenvalue weighted by molar-refractivity contribution is 7.89. The van der Waals surface area contributed by atoms with Crippen molar-refractivity contribution in [3.05, 3.63) is 18.3 Å². The second-order valence-corrected chi connectivity index (χ2v) is 7.35. The van der Waals surface area contributed by atoms with E-state index in [1.807, 2.05) is 0 Å². The van der Waals surface area contributed by atoms with Gasteiger partial charge in [-0.25, -0.2) is 13.4 Å². The Labute approximate surface area is 118 Å². The smallest absolute Gasteiger partial charge is 0.262 e. The molecule has 2 aliphatic rings. The first-order valence-corrected chi connectivity index (χ1v) is 8.29. The van der Waals surface area contributed by atoms with E-state index in [4.69, 9.17) is 0 Å². The van der Waals surface area contributed by atoms with Crippen molar-refractivity contribution in [2.24, 2.45) is 11.8 Å². The Kier molecular flexibility index (Phi) is 3.43. The predicted octanol–water partition coefficient (Wildman–Crippen LogP) is 0.515. The van der Waals surface area contributed by atoms with E-state index >= 15 is 0 Å². The van der Waals surface area contributed by atoms with E-state index in [2.05, 4.69) is 10.3 Å². The van der Waals surface area contributed by atoms with Gasteiger partial charge in [0, 0.05) is 32.3 Å². The molecule has 7 heteroatoms. The summed E-state index contributed by atoms with van der Waals surface area (Å²) in [5.41, 5.74) is 0.505. The summed E-state index contributed by atoms with van der Waals surface area (Å²) in [7, 11) is -1.92. The van der Waals surface area contributed by atoms with Crippen molar-refractivity contribution in [2.45, 2.75) is 24.0 Å². The molecule has 20 heavy (non-hydrogen) atoms. The van der Waals surface area contributed by atoms with Gasteiger partial charge >= 0.3 is 0 Å². The molecule has 1 aromatic heterocycles. The summed E-state index contributed by atoms with van der Waals surface area (Å²) in [6.07, 6.45) is 2.81. The lowest BCUT2D eigenvalue weighted by atomic mass is 10.00. The summed E-state index contributed by atoms with van der Waals surface area (Å²) < 4.78 is 26.9. The fourth-order valence-electron chi connectivity index (χ4n) is 3.30. The number of fused-ring (bicyclic) bond motifs is 1. The van der Waals surface area contributed by atoms with Crippen molar-refractivity contribution in [2.75, 3.05) is 25.5 Å². The summed E-state index contributed by atoms with van der Waals surface area (Å²) in [5.74, 6) is 0.355. The number of hydrogen-bond acceptors (Lipinski definition) is 5. The molecule has 0 spiro atoms. The van der Waals surface area contributed by atoms with Crippen molar-refractivity contribution in [3.8, 4) is 0 Å². The molecule has 6 nitrogen and oxygen atoms in total. The molecule has 0 aromatic carbocycles. The van der Waals surface area contributed by atoms with E-state index < -0.39 is 10.0 Å². The second-order valence-electron chi connectivity index (χ2n) is 5.50. The third-order valence-electron chi connectivity index (χ3n) is 4.41. The predicted molar refractivity (Wildman–Crippen MR) is 74.8 cm³/mol. The number of hydrogen-bond donors (Lipinski definition) is 2. The molecule has 110 valence electrons. The highest BCUT2D eigenvalue weighted by atomic mass is 32.2. The lowest BCUT2D eigenvalue weighted by Crippen LogP contribution is -2.32. The van der Waals surface area contributed by atoms with Crippen molar-refractivity contribution < 1.29 is 13.5 Å². The van der Waals surface area contributed by atoms with Gasteiger partial charge in [-0.2, -0.15) is 4.31 Å². The summed E-state index contributed by atoms with van der Waals surface area (Å²) in [6.45, 7) is 0.887. The first-order valence-electron chi connectivity index (χ1n) is 6.85. The van der Waals surface area contributed by atoms with E-state index in [0.29, 0.717) is 18.8 Å². The summed E-state index contributed by atoms with van der Waals surface area (Å²) >= 11 is 0. The first-order chi connectivity index (χ1) is 9.54. The minimum atomic E-state index is -3.60. The Bertz CT molecular complexity index is 605. The van der Waals surface area contributed by atoms with Gasteiger partial charge in [0.15, 0.2) is 5.03 Å². The Morgan fingerprint density at radius 3 is 2.90 bits per heavy atom. The Balaban J connectivity index is 1.90. The van der Waals surface area contributed by atoms with E-state index in [-0.39, 0.29) is 23.0 Å². The average Bonchev–Trinajstić information content (AvgIpc) is 3.02. The van der Waals surface area contributed by atoms with E-state index in [1.165, 1.54) is 10.5 Å². The maximum absolute atomic E-state index is 12.7. The van der Waals surface area contributed by atoms with Crippen molar-refractivity contribution >= 4 is 15.7 Å². The van der Waals surface area contributed by atoms with Crippen LogP contribution in [0.15, 0.2) is 23.4 Å². The molecule has 1 aliphatic carbocycles. The number of anilines is 1. The molecule has 1 aliphatic heterocycles. The Morgan fingerprint density at radius 1 is 1.40 bits per heavy atom. The molecule has 1 saturated heterocycles. The fraction of sp³-hybridized carbons (Fsp3) is 0.615. The topological polar surface area (TPSA) is 82.5 Å². The minimum Gasteiger partial charge on any atom is -0.393 e. The van der Waals surface area contributed by atoms with Gasteiger partial charge in [-0.05, 0) is 30.9 Å². The molecule has 3 unspecified atom stereocenters. The van der Waals surface area contributed by atoms with Crippen LogP contribution in [0.5, 0.6) is 0 Å². The van der Waals surface area contributed by atoms with Crippen LogP contribution in [0.2, 0.25) is 0 Å². The minimum absolute atomic E-state index is 0.0666. The molecular formula is C13H19N3O3S. The van der Waals surface area contributed by atoms with Crippen molar-refractivity contribution in [1.82, 2.24) is 9.29 Å². The van der Waals surface area contributed by atoms with Crippen molar-refractivity contribution in [1.29, 1.82) is 0 Å². The van der Waals surface area contributed by atoms with Crippen molar-refractivity contribution in [3.63, 3.8) is 0 Å². The third kappa shape index (κ3) is 2.10. The summed E-state index contributed by atoms with van der Waals surface area (Å²) in [4.78, 5) is 4.02. The van der Waals surface area contributed by atoms with Gasteiger partial charge < -0.3 is 10.4 Å². The van der Waals surface area contributed by atoms with Gasteiger partial charge in [-0.3, -0.25) is 0 Å². The van der Waals surface area contributed by atoms with Crippen LogP contribution in [-0.4, -0.2) is 49.1 Å². The van der Waals surface area contributed by atoms with Crippen LogP contribution in [0.25, 0.3) is 0 Å². The Morgan fingerprint density at radius 2 is 2.20 bits per heavy atom. The molecule has 2 fully saturated rings. The van der Waals surface area contributed by atoms with Crippen LogP contribution in [0, 0.1) is 11.8 Å². The number of aliphatic hydroxyl groups is 1. The quantitative estimate of drug-likeness (QED) is 0.849. The zero-order chi connectivity index (χ0) is 14.3. The maximum atomic E-state index is 12.7.